The lowest BCUT2D eigenvalue weighted by molar-refractivity contribution is -0.135. The van der Waals surface area contributed by atoms with E-state index in [4.69, 9.17) is 4.74 Å². The SMILES string of the molecule is CCN1CCN(C(=O)CCOC2CCNCC2)CC1C. The van der Waals surface area contributed by atoms with E-state index in [1.165, 1.54) is 0 Å². The molecule has 5 heteroatoms. The Morgan fingerprint density at radius 2 is 2.05 bits per heavy atom. The second kappa shape index (κ2) is 7.96. The molecule has 5 nitrogen and oxygen atoms in total. The minimum atomic E-state index is 0.251. The maximum Gasteiger partial charge on any atom is 0.224 e. The number of hydrogen-bond acceptors (Lipinski definition) is 4. The molecule has 0 aromatic heterocycles. The summed E-state index contributed by atoms with van der Waals surface area (Å²) in [4.78, 5) is 16.6. The van der Waals surface area contributed by atoms with Gasteiger partial charge in [0.2, 0.25) is 5.91 Å². The van der Waals surface area contributed by atoms with Crippen LogP contribution in [-0.2, 0) is 9.53 Å². The molecular formula is C15H29N3O2. The highest BCUT2D eigenvalue weighted by molar-refractivity contribution is 5.76. The number of carbonyl (C=O) groups excluding carboxylic acids is 1. The Morgan fingerprint density at radius 3 is 2.70 bits per heavy atom. The van der Waals surface area contributed by atoms with E-state index in [0.29, 0.717) is 25.2 Å². The molecular weight excluding hydrogens is 254 g/mol. The summed E-state index contributed by atoms with van der Waals surface area (Å²) in [6.07, 6.45) is 3.02. The van der Waals surface area contributed by atoms with Gasteiger partial charge in [0.15, 0.2) is 0 Å². The minimum Gasteiger partial charge on any atom is -0.378 e. The molecule has 1 unspecified atom stereocenters. The van der Waals surface area contributed by atoms with Crippen molar-refractivity contribution in [1.82, 2.24) is 15.1 Å². The zero-order valence-electron chi connectivity index (χ0n) is 12.9. The molecule has 0 spiro atoms. The number of amides is 1. The van der Waals surface area contributed by atoms with Gasteiger partial charge in [-0.15, -0.1) is 0 Å². The van der Waals surface area contributed by atoms with Crippen molar-refractivity contribution in [2.75, 3.05) is 45.9 Å². The molecule has 0 bridgehead atoms. The first-order chi connectivity index (χ1) is 9.70. The molecule has 0 radical (unpaired) electrons. The van der Waals surface area contributed by atoms with Crippen LogP contribution < -0.4 is 5.32 Å². The first kappa shape index (κ1) is 15.7. The molecule has 1 amide bonds. The number of hydrogen-bond donors (Lipinski definition) is 1. The topological polar surface area (TPSA) is 44.8 Å². The summed E-state index contributed by atoms with van der Waals surface area (Å²) in [5, 5.41) is 3.32. The summed E-state index contributed by atoms with van der Waals surface area (Å²) in [6.45, 7) is 10.8. The Balaban J connectivity index is 1.64. The molecule has 2 fully saturated rings. The predicted octanol–water partition coefficient (Wildman–Crippen LogP) is 0.698. The molecule has 1 N–H and O–H groups in total. The van der Waals surface area contributed by atoms with Gasteiger partial charge in [0.1, 0.15) is 0 Å². The quantitative estimate of drug-likeness (QED) is 0.807. The highest BCUT2D eigenvalue weighted by Crippen LogP contribution is 2.11. The van der Waals surface area contributed by atoms with Crippen LogP contribution in [-0.4, -0.2) is 73.7 Å². The van der Waals surface area contributed by atoms with Crippen LogP contribution in [0.5, 0.6) is 0 Å². The van der Waals surface area contributed by atoms with Gasteiger partial charge in [-0.1, -0.05) is 6.92 Å². The molecule has 0 saturated carbocycles. The zero-order valence-corrected chi connectivity index (χ0v) is 12.9. The lowest BCUT2D eigenvalue weighted by Crippen LogP contribution is -2.53. The average molecular weight is 283 g/mol. The van der Waals surface area contributed by atoms with Crippen LogP contribution in [0, 0.1) is 0 Å². The van der Waals surface area contributed by atoms with E-state index in [0.717, 1.165) is 52.1 Å². The first-order valence-corrected chi connectivity index (χ1v) is 8.05. The van der Waals surface area contributed by atoms with E-state index >= 15 is 0 Å². The van der Waals surface area contributed by atoms with Crippen LogP contribution >= 0.6 is 0 Å². The standard InChI is InChI=1S/C15H29N3O2/c1-3-17-9-10-18(12-13(17)2)15(19)6-11-20-14-4-7-16-8-5-14/h13-14,16H,3-12H2,1-2H3. The van der Waals surface area contributed by atoms with Gasteiger partial charge in [-0.05, 0) is 39.4 Å². The Hall–Kier alpha value is -0.650. The summed E-state index contributed by atoms with van der Waals surface area (Å²) in [7, 11) is 0. The lowest BCUT2D eigenvalue weighted by Gasteiger charge is -2.39. The largest absolute Gasteiger partial charge is 0.378 e. The van der Waals surface area contributed by atoms with Crippen LogP contribution in [0.2, 0.25) is 0 Å². The van der Waals surface area contributed by atoms with Gasteiger partial charge in [-0.3, -0.25) is 9.69 Å². The van der Waals surface area contributed by atoms with Crippen LogP contribution in [0.25, 0.3) is 0 Å². The van der Waals surface area contributed by atoms with Gasteiger partial charge in [-0.25, -0.2) is 0 Å². The molecule has 20 heavy (non-hydrogen) atoms. The molecule has 0 aliphatic carbocycles. The van der Waals surface area contributed by atoms with E-state index in [1.807, 2.05) is 4.90 Å². The fourth-order valence-electron chi connectivity index (χ4n) is 3.12. The predicted molar refractivity (Wildman–Crippen MR) is 79.7 cm³/mol. The van der Waals surface area contributed by atoms with Crippen molar-refractivity contribution in [1.29, 1.82) is 0 Å². The van der Waals surface area contributed by atoms with Crippen LogP contribution in [0.4, 0.5) is 0 Å². The maximum absolute atomic E-state index is 12.2. The Morgan fingerprint density at radius 1 is 1.30 bits per heavy atom. The number of piperidine rings is 1. The average Bonchev–Trinajstić information content (AvgIpc) is 2.48. The van der Waals surface area contributed by atoms with Crippen molar-refractivity contribution in [2.45, 2.75) is 45.3 Å². The molecule has 2 aliphatic heterocycles. The third-order valence-corrected chi connectivity index (χ3v) is 4.48. The van der Waals surface area contributed by atoms with Gasteiger partial charge in [-0.2, -0.15) is 0 Å². The van der Waals surface area contributed by atoms with Gasteiger partial charge >= 0.3 is 0 Å². The number of ether oxygens (including phenoxy) is 1. The van der Waals surface area contributed by atoms with E-state index in [1.54, 1.807) is 0 Å². The minimum absolute atomic E-state index is 0.251. The number of piperazine rings is 1. The van der Waals surface area contributed by atoms with E-state index in [-0.39, 0.29) is 5.91 Å². The summed E-state index contributed by atoms with van der Waals surface area (Å²) >= 11 is 0. The van der Waals surface area contributed by atoms with Crippen LogP contribution in [0.15, 0.2) is 0 Å². The normalized spacial score (nSPS) is 25.9. The summed E-state index contributed by atoms with van der Waals surface area (Å²) in [6, 6.07) is 0.475. The maximum atomic E-state index is 12.2. The number of carbonyl (C=O) groups is 1. The molecule has 0 aromatic carbocycles. The van der Waals surface area contributed by atoms with E-state index in [2.05, 4.69) is 24.1 Å². The summed E-state index contributed by atoms with van der Waals surface area (Å²) in [5.41, 5.74) is 0. The number of likely N-dealkylation sites (N-methyl/N-ethyl adjacent to an activating group) is 1. The second-order valence-electron chi connectivity index (χ2n) is 5.89. The van der Waals surface area contributed by atoms with Gasteiger partial charge in [0.25, 0.3) is 0 Å². The third-order valence-electron chi connectivity index (χ3n) is 4.48. The fourth-order valence-corrected chi connectivity index (χ4v) is 3.12. The lowest BCUT2D eigenvalue weighted by atomic mass is 10.1. The smallest absolute Gasteiger partial charge is 0.224 e. The molecule has 1 atom stereocenters. The van der Waals surface area contributed by atoms with Gasteiger partial charge < -0.3 is 15.0 Å². The first-order valence-electron chi connectivity index (χ1n) is 8.05. The van der Waals surface area contributed by atoms with Crippen LogP contribution in [0.3, 0.4) is 0 Å². The molecule has 2 heterocycles. The molecule has 0 aromatic rings. The van der Waals surface area contributed by atoms with E-state index < -0.39 is 0 Å². The second-order valence-corrected chi connectivity index (χ2v) is 5.89. The fraction of sp³-hybridized carbons (Fsp3) is 0.933. The summed E-state index contributed by atoms with van der Waals surface area (Å²) in [5.74, 6) is 0.251. The molecule has 116 valence electrons. The highest BCUT2D eigenvalue weighted by Gasteiger charge is 2.25. The van der Waals surface area contributed by atoms with Gasteiger partial charge in [0, 0.05) is 25.7 Å². The number of nitrogens with one attached hydrogen (secondary N) is 1. The van der Waals surface area contributed by atoms with Crippen molar-refractivity contribution >= 4 is 5.91 Å². The van der Waals surface area contributed by atoms with Crippen molar-refractivity contribution in [3.63, 3.8) is 0 Å². The van der Waals surface area contributed by atoms with Crippen molar-refractivity contribution in [3.05, 3.63) is 0 Å². The molecule has 2 aliphatic rings. The molecule has 2 rings (SSSR count). The Bertz CT molecular complexity index is 305. The van der Waals surface area contributed by atoms with Crippen molar-refractivity contribution in [3.8, 4) is 0 Å². The van der Waals surface area contributed by atoms with Crippen LogP contribution in [0.1, 0.15) is 33.1 Å². The molecule has 2 saturated heterocycles. The number of rotatable bonds is 5. The zero-order chi connectivity index (χ0) is 14.4. The Labute approximate surface area is 122 Å². The summed E-state index contributed by atoms with van der Waals surface area (Å²) < 4.78 is 5.82. The van der Waals surface area contributed by atoms with E-state index in [9.17, 15) is 4.79 Å². The highest BCUT2D eigenvalue weighted by atomic mass is 16.5. The third kappa shape index (κ3) is 4.43. The Kier molecular flexibility index (Phi) is 6.26. The number of nitrogens with zero attached hydrogens (tertiary/aromatic N) is 2. The van der Waals surface area contributed by atoms with Crippen molar-refractivity contribution in [2.24, 2.45) is 0 Å². The van der Waals surface area contributed by atoms with Crippen molar-refractivity contribution < 1.29 is 9.53 Å². The monoisotopic (exact) mass is 283 g/mol. The van der Waals surface area contributed by atoms with Gasteiger partial charge in [0.05, 0.1) is 19.1 Å².